The highest BCUT2D eigenvalue weighted by Gasteiger charge is 2.53. The van der Waals surface area contributed by atoms with E-state index in [-0.39, 0.29) is 17.3 Å². The van der Waals surface area contributed by atoms with Gasteiger partial charge in [-0.05, 0) is 46.0 Å². The van der Waals surface area contributed by atoms with Gasteiger partial charge in [-0.15, -0.1) is 0 Å². The standard InChI is InChI=1S/C10H18O2/c1-9(2)7-4-5-10(3,12-9)8(11)6-7/h7-8,11H,4-6H2,1-3H3/t7-,8+,10-/m0/s1. The molecular formula is C10H18O2. The van der Waals surface area contributed by atoms with E-state index in [0.29, 0.717) is 5.92 Å². The molecule has 3 rings (SSSR count). The van der Waals surface area contributed by atoms with Crippen LogP contribution in [0.3, 0.4) is 0 Å². The maximum atomic E-state index is 9.77. The molecule has 1 aliphatic carbocycles. The molecule has 2 heterocycles. The van der Waals surface area contributed by atoms with Gasteiger partial charge in [0, 0.05) is 0 Å². The Morgan fingerprint density at radius 2 is 2.00 bits per heavy atom. The Balaban J connectivity index is 2.26. The molecule has 0 spiro atoms. The average molecular weight is 170 g/mol. The van der Waals surface area contributed by atoms with Gasteiger partial charge in [-0.1, -0.05) is 0 Å². The summed E-state index contributed by atoms with van der Waals surface area (Å²) in [5.74, 6) is 0.550. The van der Waals surface area contributed by atoms with Crippen molar-refractivity contribution in [1.82, 2.24) is 0 Å². The number of aliphatic hydroxyl groups is 1. The van der Waals surface area contributed by atoms with E-state index in [2.05, 4.69) is 13.8 Å². The third kappa shape index (κ3) is 1.01. The Kier molecular flexibility index (Phi) is 1.59. The highest BCUT2D eigenvalue weighted by Crippen LogP contribution is 2.49. The van der Waals surface area contributed by atoms with Crippen molar-refractivity contribution in [2.75, 3.05) is 0 Å². The normalized spacial score (nSPS) is 51.0. The van der Waals surface area contributed by atoms with Crippen LogP contribution in [-0.4, -0.2) is 22.4 Å². The molecule has 1 saturated carbocycles. The van der Waals surface area contributed by atoms with Crippen LogP contribution < -0.4 is 0 Å². The van der Waals surface area contributed by atoms with E-state index >= 15 is 0 Å². The number of ether oxygens (including phenoxy) is 1. The van der Waals surface area contributed by atoms with Crippen molar-refractivity contribution in [1.29, 1.82) is 0 Å². The van der Waals surface area contributed by atoms with Crippen molar-refractivity contribution in [3.05, 3.63) is 0 Å². The van der Waals surface area contributed by atoms with Crippen molar-refractivity contribution in [3.8, 4) is 0 Å². The predicted molar refractivity (Wildman–Crippen MR) is 46.9 cm³/mol. The van der Waals surface area contributed by atoms with Crippen molar-refractivity contribution in [2.24, 2.45) is 5.92 Å². The van der Waals surface area contributed by atoms with E-state index in [1.165, 1.54) is 6.42 Å². The van der Waals surface area contributed by atoms with Gasteiger partial charge in [0.1, 0.15) is 0 Å². The van der Waals surface area contributed by atoms with Crippen LogP contribution in [-0.2, 0) is 4.74 Å². The molecule has 1 N–H and O–H groups in total. The number of hydrogen-bond donors (Lipinski definition) is 1. The topological polar surface area (TPSA) is 29.5 Å². The largest absolute Gasteiger partial charge is 0.390 e. The molecule has 2 nitrogen and oxygen atoms in total. The molecule has 0 aromatic heterocycles. The lowest BCUT2D eigenvalue weighted by Gasteiger charge is -2.56. The zero-order chi connectivity index (χ0) is 8.98. The summed E-state index contributed by atoms with van der Waals surface area (Å²) in [6, 6.07) is 0. The fraction of sp³-hybridized carbons (Fsp3) is 1.00. The van der Waals surface area contributed by atoms with Gasteiger partial charge in [0.05, 0.1) is 17.3 Å². The lowest BCUT2D eigenvalue weighted by atomic mass is 9.67. The van der Waals surface area contributed by atoms with Gasteiger partial charge in [-0.3, -0.25) is 0 Å². The van der Waals surface area contributed by atoms with Gasteiger partial charge in [-0.25, -0.2) is 0 Å². The Morgan fingerprint density at radius 3 is 2.33 bits per heavy atom. The summed E-state index contributed by atoms with van der Waals surface area (Å²) >= 11 is 0. The van der Waals surface area contributed by atoms with E-state index in [1.807, 2.05) is 6.92 Å². The Morgan fingerprint density at radius 1 is 1.33 bits per heavy atom. The highest BCUT2D eigenvalue weighted by molar-refractivity contribution is 5.02. The molecule has 2 aliphatic heterocycles. The third-order valence-corrected chi connectivity index (χ3v) is 3.68. The average Bonchev–Trinajstić information content (AvgIpc) is 1.91. The number of hydrogen-bond acceptors (Lipinski definition) is 2. The lowest BCUT2D eigenvalue weighted by Crippen LogP contribution is -2.61. The third-order valence-electron chi connectivity index (χ3n) is 3.68. The van der Waals surface area contributed by atoms with Gasteiger partial charge in [0.2, 0.25) is 0 Å². The zero-order valence-corrected chi connectivity index (χ0v) is 8.13. The number of aliphatic hydroxyl groups excluding tert-OH is 1. The molecule has 0 radical (unpaired) electrons. The van der Waals surface area contributed by atoms with Gasteiger partial charge < -0.3 is 9.84 Å². The van der Waals surface area contributed by atoms with Gasteiger partial charge in [0.15, 0.2) is 0 Å². The van der Waals surface area contributed by atoms with Crippen LogP contribution in [0.25, 0.3) is 0 Å². The summed E-state index contributed by atoms with van der Waals surface area (Å²) in [6.07, 6.45) is 2.90. The van der Waals surface area contributed by atoms with Crippen molar-refractivity contribution in [2.45, 2.75) is 57.3 Å². The number of fused-ring (bicyclic) bond motifs is 3. The van der Waals surface area contributed by atoms with Crippen molar-refractivity contribution < 1.29 is 9.84 Å². The van der Waals surface area contributed by atoms with Crippen LogP contribution in [0.2, 0.25) is 0 Å². The van der Waals surface area contributed by atoms with Crippen LogP contribution >= 0.6 is 0 Å². The van der Waals surface area contributed by atoms with Crippen molar-refractivity contribution in [3.63, 3.8) is 0 Å². The Bertz CT molecular complexity index is 200. The predicted octanol–water partition coefficient (Wildman–Crippen LogP) is 1.71. The summed E-state index contributed by atoms with van der Waals surface area (Å²) in [5.41, 5.74) is -0.287. The van der Waals surface area contributed by atoms with Gasteiger partial charge in [-0.2, -0.15) is 0 Å². The minimum absolute atomic E-state index is 0.0216. The second-order valence-corrected chi connectivity index (χ2v) is 5.01. The first-order chi connectivity index (χ1) is 5.44. The number of rotatable bonds is 0. The van der Waals surface area contributed by atoms with Crippen LogP contribution in [0.15, 0.2) is 0 Å². The van der Waals surface area contributed by atoms with Crippen LogP contribution in [0.4, 0.5) is 0 Å². The molecule has 70 valence electrons. The van der Waals surface area contributed by atoms with E-state index < -0.39 is 0 Å². The maximum Gasteiger partial charge on any atom is 0.0919 e. The summed E-state index contributed by atoms with van der Waals surface area (Å²) in [6.45, 7) is 6.32. The molecule has 0 unspecified atom stereocenters. The smallest absolute Gasteiger partial charge is 0.0919 e. The first kappa shape index (κ1) is 8.52. The maximum absolute atomic E-state index is 9.77. The van der Waals surface area contributed by atoms with E-state index in [4.69, 9.17) is 4.74 Å². The van der Waals surface area contributed by atoms with E-state index in [9.17, 15) is 5.11 Å². The quantitative estimate of drug-likeness (QED) is 0.599. The molecule has 3 fully saturated rings. The second kappa shape index (κ2) is 2.24. The summed E-state index contributed by atoms with van der Waals surface area (Å²) in [5, 5.41) is 9.77. The second-order valence-electron chi connectivity index (χ2n) is 5.01. The van der Waals surface area contributed by atoms with Crippen LogP contribution in [0.5, 0.6) is 0 Å². The summed E-state index contributed by atoms with van der Waals surface area (Å²) in [7, 11) is 0. The molecule has 2 heteroatoms. The lowest BCUT2D eigenvalue weighted by molar-refractivity contribution is -0.273. The highest BCUT2D eigenvalue weighted by atomic mass is 16.5. The van der Waals surface area contributed by atoms with E-state index in [0.717, 1.165) is 12.8 Å². The fourth-order valence-electron chi connectivity index (χ4n) is 2.70. The molecule has 12 heavy (non-hydrogen) atoms. The SMILES string of the molecule is CC1(C)O[C@@]2(C)CC[C@H]1C[C@H]2O. The first-order valence-electron chi connectivity index (χ1n) is 4.82. The zero-order valence-electron chi connectivity index (χ0n) is 8.13. The monoisotopic (exact) mass is 170 g/mol. The van der Waals surface area contributed by atoms with Crippen LogP contribution in [0, 0.1) is 5.92 Å². The molecule has 0 aromatic rings. The molecule has 2 bridgehead atoms. The molecule has 0 amide bonds. The minimum Gasteiger partial charge on any atom is -0.390 e. The summed E-state index contributed by atoms with van der Waals surface area (Å²) < 4.78 is 5.92. The fourth-order valence-corrected chi connectivity index (χ4v) is 2.70. The molecule has 3 aliphatic rings. The summed E-state index contributed by atoms with van der Waals surface area (Å²) in [4.78, 5) is 0. The minimum atomic E-state index is -0.266. The molecular weight excluding hydrogens is 152 g/mol. The van der Waals surface area contributed by atoms with Gasteiger partial charge in [0.25, 0.3) is 0 Å². The first-order valence-corrected chi connectivity index (χ1v) is 4.82. The van der Waals surface area contributed by atoms with Gasteiger partial charge >= 0.3 is 0 Å². The molecule has 0 aromatic carbocycles. The van der Waals surface area contributed by atoms with Crippen molar-refractivity contribution >= 4 is 0 Å². The Labute approximate surface area is 73.9 Å². The molecule has 3 atom stereocenters. The van der Waals surface area contributed by atoms with E-state index in [1.54, 1.807) is 0 Å². The molecule has 2 saturated heterocycles. The Hall–Kier alpha value is -0.0800. The van der Waals surface area contributed by atoms with Crippen LogP contribution in [0.1, 0.15) is 40.0 Å².